The van der Waals surface area contributed by atoms with E-state index >= 15 is 0 Å². The van der Waals surface area contributed by atoms with Gasteiger partial charge >= 0.3 is 0 Å². The van der Waals surface area contributed by atoms with Gasteiger partial charge in [0.15, 0.2) is 17.8 Å². The molecule has 1 aromatic heterocycles. The molecule has 19 heavy (non-hydrogen) atoms. The summed E-state index contributed by atoms with van der Waals surface area (Å²) in [5, 5.41) is 0.571. The molecule has 0 saturated carbocycles. The van der Waals surface area contributed by atoms with Gasteiger partial charge < -0.3 is 19.2 Å². The predicted octanol–water partition coefficient (Wildman–Crippen LogP) is 1.37. The number of methoxy groups -OCH3 is 3. The molecule has 2 rings (SSSR count). The fourth-order valence-electron chi connectivity index (χ4n) is 1.93. The molecule has 0 aliphatic heterocycles. The number of pyridine rings is 1. The van der Waals surface area contributed by atoms with E-state index in [0.29, 0.717) is 34.4 Å². The van der Waals surface area contributed by atoms with Gasteiger partial charge in [0.1, 0.15) is 0 Å². The molecule has 1 aromatic carbocycles. The molecule has 6 heteroatoms. The minimum Gasteiger partial charge on any atom is -0.493 e. The van der Waals surface area contributed by atoms with Crippen LogP contribution in [0.1, 0.15) is 10.4 Å². The Hall–Kier alpha value is -2.50. The number of aldehydes is 1. The molecule has 100 valence electrons. The zero-order valence-electron chi connectivity index (χ0n) is 10.8. The van der Waals surface area contributed by atoms with E-state index in [4.69, 9.17) is 14.2 Å². The summed E-state index contributed by atoms with van der Waals surface area (Å²) < 4.78 is 15.7. The quantitative estimate of drug-likeness (QED) is 0.843. The predicted molar refractivity (Wildman–Crippen MR) is 69.6 cm³/mol. The van der Waals surface area contributed by atoms with Crippen LogP contribution in [0, 0.1) is 0 Å². The fourth-order valence-corrected chi connectivity index (χ4v) is 1.93. The number of carbonyl (C=O) groups excluding carboxylic acids is 1. The fraction of sp³-hybridized carbons (Fsp3) is 0.231. The third-order valence-corrected chi connectivity index (χ3v) is 2.81. The monoisotopic (exact) mass is 263 g/mol. The Morgan fingerprint density at radius 3 is 2.26 bits per heavy atom. The van der Waals surface area contributed by atoms with Crippen molar-refractivity contribution < 1.29 is 19.0 Å². The molecule has 0 saturated heterocycles. The number of aromatic nitrogens is 1. The summed E-state index contributed by atoms with van der Waals surface area (Å²) in [6.07, 6.45) is 0.494. The summed E-state index contributed by atoms with van der Waals surface area (Å²) in [6, 6.07) is 3.08. The van der Waals surface area contributed by atoms with Gasteiger partial charge in [-0.05, 0) is 6.07 Å². The lowest BCUT2D eigenvalue weighted by Crippen LogP contribution is -2.12. The van der Waals surface area contributed by atoms with E-state index in [1.54, 1.807) is 6.07 Å². The zero-order valence-corrected chi connectivity index (χ0v) is 10.8. The van der Waals surface area contributed by atoms with Crippen molar-refractivity contribution in [2.45, 2.75) is 0 Å². The van der Waals surface area contributed by atoms with Crippen molar-refractivity contribution in [3.8, 4) is 17.2 Å². The number of rotatable bonds is 4. The van der Waals surface area contributed by atoms with E-state index in [-0.39, 0.29) is 5.56 Å². The Morgan fingerprint density at radius 2 is 1.74 bits per heavy atom. The minimum absolute atomic E-state index is 0.0259. The van der Waals surface area contributed by atoms with Crippen LogP contribution in [0.15, 0.2) is 16.9 Å². The van der Waals surface area contributed by atoms with Crippen LogP contribution >= 0.6 is 0 Å². The standard InChI is InChI=1S/C13H13NO5/c1-17-10-5-9-8(11(18-2)12(10)19-3)4-7(6-15)13(16)14-9/h4-6H,1-3H3,(H,14,16). The van der Waals surface area contributed by atoms with Crippen LogP contribution in [0.4, 0.5) is 0 Å². The molecule has 1 heterocycles. The van der Waals surface area contributed by atoms with E-state index in [1.807, 2.05) is 0 Å². The zero-order chi connectivity index (χ0) is 14.0. The van der Waals surface area contributed by atoms with Crippen molar-refractivity contribution in [2.24, 2.45) is 0 Å². The number of H-pyrrole nitrogens is 1. The molecular weight excluding hydrogens is 250 g/mol. The number of nitrogens with one attached hydrogen (secondary N) is 1. The molecule has 0 amide bonds. The molecule has 6 nitrogen and oxygen atoms in total. The maximum absolute atomic E-state index is 11.6. The lowest BCUT2D eigenvalue weighted by Gasteiger charge is -2.14. The number of hydrogen-bond acceptors (Lipinski definition) is 5. The highest BCUT2D eigenvalue weighted by molar-refractivity contribution is 5.93. The average molecular weight is 263 g/mol. The molecule has 0 unspecified atom stereocenters. The van der Waals surface area contributed by atoms with Gasteiger partial charge in [-0.3, -0.25) is 9.59 Å². The summed E-state index contributed by atoms with van der Waals surface area (Å²) >= 11 is 0. The Kier molecular flexibility index (Phi) is 3.41. The van der Waals surface area contributed by atoms with E-state index in [9.17, 15) is 9.59 Å². The average Bonchev–Trinajstić information content (AvgIpc) is 2.44. The van der Waals surface area contributed by atoms with Crippen LogP contribution in [0.2, 0.25) is 0 Å². The first-order chi connectivity index (χ1) is 9.15. The molecule has 1 N–H and O–H groups in total. The largest absolute Gasteiger partial charge is 0.493 e. The first-order valence-corrected chi connectivity index (χ1v) is 5.47. The second-order valence-corrected chi connectivity index (χ2v) is 3.78. The highest BCUT2D eigenvalue weighted by atomic mass is 16.5. The van der Waals surface area contributed by atoms with Crippen LogP contribution < -0.4 is 19.8 Å². The second-order valence-electron chi connectivity index (χ2n) is 3.78. The van der Waals surface area contributed by atoms with Gasteiger partial charge in [-0.15, -0.1) is 0 Å². The lowest BCUT2D eigenvalue weighted by molar-refractivity contribution is 0.112. The van der Waals surface area contributed by atoms with Gasteiger partial charge in [0.25, 0.3) is 5.56 Å². The number of fused-ring (bicyclic) bond motifs is 1. The summed E-state index contributed by atoms with van der Waals surface area (Å²) in [5.41, 5.74) is 0.0693. The van der Waals surface area contributed by atoms with E-state index in [1.165, 1.54) is 27.4 Å². The molecule has 0 aliphatic rings. The van der Waals surface area contributed by atoms with Crippen molar-refractivity contribution in [1.29, 1.82) is 0 Å². The normalized spacial score (nSPS) is 10.3. The Balaban J connectivity index is 2.93. The maximum atomic E-state index is 11.6. The third kappa shape index (κ3) is 2.01. The van der Waals surface area contributed by atoms with Gasteiger partial charge in [0, 0.05) is 11.5 Å². The smallest absolute Gasteiger partial charge is 0.259 e. The topological polar surface area (TPSA) is 77.6 Å². The number of carbonyl (C=O) groups is 1. The SMILES string of the molecule is COc1cc2[nH]c(=O)c(C=O)cc2c(OC)c1OC. The molecule has 0 fully saturated rings. The summed E-state index contributed by atoms with van der Waals surface area (Å²) in [5.74, 6) is 1.24. The number of hydrogen-bond donors (Lipinski definition) is 1. The van der Waals surface area contributed by atoms with Crippen molar-refractivity contribution in [2.75, 3.05) is 21.3 Å². The minimum atomic E-state index is -0.461. The number of benzene rings is 1. The highest BCUT2D eigenvalue weighted by Gasteiger charge is 2.17. The van der Waals surface area contributed by atoms with Gasteiger partial charge in [-0.2, -0.15) is 0 Å². The molecule has 0 atom stereocenters. The van der Waals surface area contributed by atoms with Crippen LogP contribution in [0.5, 0.6) is 17.2 Å². The lowest BCUT2D eigenvalue weighted by atomic mass is 10.1. The summed E-state index contributed by atoms with van der Waals surface area (Å²) in [6.45, 7) is 0. The summed E-state index contributed by atoms with van der Waals surface area (Å²) in [4.78, 5) is 25.1. The van der Waals surface area contributed by atoms with Crippen LogP contribution in [-0.4, -0.2) is 32.6 Å². The van der Waals surface area contributed by atoms with Crippen molar-refractivity contribution in [3.05, 3.63) is 28.0 Å². The van der Waals surface area contributed by atoms with E-state index in [2.05, 4.69) is 4.98 Å². The first kappa shape index (κ1) is 12.9. The van der Waals surface area contributed by atoms with E-state index < -0.39 is 5.56 Å². The molecule has 2 aromatic rings. The van der Waals surface area contributed by atoms with Crippen molar-refractivity contribution in [3.63, 3.8) is 0 Å². The molecule has 0 bridgehead atoms. The van der Waals surface area contributed by atoms with Crippen LogP contribution in [-0.2, 0) is 0 Å². The first-order valence-electron chi connectivity index (χ1n) is 5.47. The Morgan fingerprint density at radius 1 is 1.05 bits per heavy atom. The summed E-state index contributed by atoms with van der Waals surface area (Å²) in [7, 11) is 4.45. The van der Waals surface area contributed by atoms with Gasteiger partial charge in [0.05, 0.1) is 32.4 Å². The number of ether oxygens (including phenoxy) is 3. The Bertz CT molecular complexity index is 689. The van der Waals surface area contributed by atoms with Crippen LogP contribution in [0.3, 0.4) is 0 Å². The molecule has 0 radical (unpaired) electrons. The van der Waals surface area contributed by atoms with Gasteiger partial charge in [0.2, 0.25) is 5.75 Å². The molecule has 0 aliphatic carbocycles. The second kappa shape index (κ2) is 5.01. The van der Waals surface area contributed by atoms with Gasteiger partial charge in [-0.25, -0.2) is 0 Å². The number of aromatic amines is 1. The third-order valence-electron chi connectivity index (χ3n) is 2.81. The molecule has 0 spiro atoms. The van der Waals surface area contributed by atoms with Gasteiger partial charge in [-0.1, -0.05) is 0 Å². The van der Waals surface area contributed by atoms with Crippen molar-refractivity contribution >= 4 is 17.2 Å². The van der Waals surface area contributed by atoms with Crippen molar-refractivity contribution in [1.82, 2.24) is 4.98 Å². The Labute approximate surface area is 108 Å². The highest BCUT2D eigenvalue weighted by Crippen LogP contribution is 2.42. The van der Waals surface area contributed by atoms with Crippen LogP contribution in [0.25, 0.3) is 10.9 Å². The maximum Gasteiger partial charge on any atom is 0.259 e. The van der Waals surface area contributed by atoms with E-state index in [0.717, 1.165) is 0 Å². The molecular formula is C13H13NO5.